The van der Waals surface area contributed by atoms with E-state index in [0.29, 0.717) is 19.0 Å². The number of nitrogens with one attached hydrogen (secondary N) is 1. The van der Waals surface area contributed by atoms with Crippen LogP contribution in [0.3, 0.4) is 0 Å². The van der Waals surface area contributed by atoms with Crippen LogP contribution in [0.1, 0.15) is 11.1 Å². The average molecular weight is 358 g/mol. The van der Waals surface area contributed by atoms with E-state index in [1.807, 2.05) is 37.1 Å². The van der Waals surface area contributed by atoms with Gasteiger partial charge in [-0.25, -0.2) is 4.39 Å². The molecule has 2 aromatic carbocycles. The first-order valence-electron chi connectivity index (χ1n) is 8.59. The number of carbonyl (C=O) groups excluding carboxylic acids is 1. The summed E-state index contributed by atoms with van der Waals surface area (Å²) in [5.74, 6) is 0.309. The molecule has 1 unspecified atom stereocenters. The zero-order valence-corrected chi connectivity index (χ0v) is 15.0. The van der Waals surface area contributed by atoms with Gasteiger partial charge in [0.05, 0.1) is 13.2 Å². The molecule has 0 aromatic heterocycles. The van der Waals surface area contributed by atoms with Gasteiger partial charge in [0.1, 0.15) is 24.2 Å². The number of benzene rings is 2. The second-order valence-corrected chi connectivity index (χ2v) is 6.46. The molecule has 0 spiro atoms. The van der Waals surface area contributed by atoms with E-state index in [-0.39, 0.29) is 24.4 Å². The molecule has 5 nitrogen and oxygen atoms in total. The number of aryl methyl sites for hydroxylation is 1. The Kier molecular flexibility index (Phi) is 5.85. The van der Waals surface area contributed by atoms with E-state index in [2.05, 4.69) is 5.32 Å². The molecular formula is C20H23FN2O3. The van der Waals surface area contributed by atoms with Crippen LogP contribution in [0.4, 0.5) is 10.1 Å². The second kappa shape index (κ2) is 8.29. The topological polar surface area (TPSA) is 50.8 Å². The number of anilines is 1. The van der Waals surface area contributed by atoms with E-state index in [0.717, 1.165) is 23.4 Å². The molecule has 1 N–H and O–H groups in total. The molecule has 1 atom stereocenters. The molecule has 3 rings (SSSR count). The lowest BCUT2D eigenvalue weighted by atomic mass is 10.1. The minimum atomic E-state index is -0.285. The number of hydrogen-bond acceptors (Lipinski definition) is 4. The highest BCUT2D eigenvalue weighted by Gasteiger charge is 2.26. The predicted molar refractivity (Wildman–Crippen MR) is 97.8 cm³/mol. The first kappa shape index (κ1) is 18.4. The average Bonchev–Trinajstić information content (AvgIpc) is 2.62. The maximum absolute atomic E-state index is 13.2. The van der Waals surface area contributed by atoms with Crippen molar-refractivity contribution in [3.63, 3.8) is 0 Å². The third kappa shape index (κ3) is 4.59. The highest BCUT2D eigenvalue weighted by Crippen LogP contribution is 2.23. The molecule has 138 valence electrons. The zero-order chi connectivity index (χ0) is 18.5. The summed E-state index contributed by atoms with van der Waals surface area (Å²) < 4.78 is 24.3. The number of morpholine rings is 1. The third-order valence-corrected chi connectivity index (χ3v) is 4.45. The molecule has 6 heteroatoms. The van der Waals surface area contributed by atoms with Crippen molar-refractivity contribution in [2.45, 2.75) is 19.6 Å². The Balaban J connectivity index is 1.61. The van der Waals surface area contributed by atoms with Gasteiger partial charge in [-0.2, -0.15) is 0 Å². The van der Waals surface area contributed by atoms with Crippen molar-refractivity contribution in [2.75, 3.05) is 32.1 Å². The van der Waals surface area contributed by atoms with Crippen LogP contribution in [-0.4, -0.2) is 43.7 Å². The Morgan fingerprint density at radius 1 is 1.35 bits per heavy atom. The number of amides is 1. The molecule has 0 radical (unpaired) electrons. The monoisotopic (exact) mass is 358 g/mol. The smallest absolute Gasteiger partial charge is 0.244 e. The number of halogens is 1. The standard InChI is InChI=1S/C20H23FN2O3/c1-14-10-17(26-12-15-4-3-5-16(21)11-15)6-7-18(14)22-20(24)19-13-25-9-8-23(19)2/h3-7,10-11,19H,8-9,12-13H2,1-2H3,(H,22,24). The molecule has 1 aliphatic heterocycles. The van der Waals surface area contributed by atoms with Gasteiger partial charge in [-0.1, -0.05) is 12.1 Å². The Bertz CT molecular complexity index is 781. The lowest BCUT2D eigenvalue weighted by Gasteiger charge is -2.31. The minimum absolute atomic E-state index is 0.0799. The van der Waals surface area contributed by atoms with Crippen molar-refractivity contribution in [3.05, 3.63) is 59.4 Å². The lowest BCUT2D eigenvalue weighted by Crippen LogP contribution is -2.49. The molecular weight excluding hydrogens is 335 g/mol. The van der Waals surface area contributed by atoms with Gasteiger partial charge in [0, 0.05) is 12.2 Å². The van der Waals surface area contributed by atoms with Gasteiger partial charge >= 0.3 is 0 Å². The first-order valence-corrected chi connectivity index (χ1v) is 8.59. The fraction of sp³-hybridized carbons (Fsp3) is 0.350. The van der Waals surface area contributed by atoms with Crippen LogP contribution in [-0.2, 0) is 16.1 Å². The minimum Gasteiger partial charge on any atom is -0.489 e. The van der Waals surface area contributed by atoms with Gasteiger partial charge < -0.3 is 14.8 Å². The highest BCUT2D eigenvalue weighted by atomic mass is 19.1. The molecule has 1 saturated heterocycles. The summed E-state index contributed by atoms with van der Waals surface area (Å²) in [7, 11) is 1.92. The number of hydrogen-bond donors (Lipinski definition) is 1. The summed E-state index contributed by atoms with van der Waals surface area (Å²) in [6.07, 6.45) is 0. The van der Waals surface area contributed by atoms with E-state index >= 15 is 0 Å². The maximum atomic E-state index is 13.2. The Hall–Kier alpha value is -2.44. The number of likely N-dealkylation sites (N-methyl/N-ethyl adjacent to an activating group) is 1. The third-order valence-electron chi connectivity index (χ3n) is 4.45. The molecule has 0 bridgehead atoms. The van der Waals surface area contributed by atoms with Crippen LogP contribution < -0.4 is 10.1 Å². The summed E-state index contributed by atoms with van der Waals surface area (Å²) in [5, 5.41) is 2.95. The Morgan fingerprint density at radius 3 is 2.92 bits per heavy atom. The maximum Gasteiger partial charge on any atom is 0.244 e. The highest BCUT2D eigenvalue weighted by molar-refractivity contribution is 5.95. The fourth-order valence-electron chi connectivity index (χ4n) is 2.84. The van der Waals surface area contributed by atoms with Crippen molar-refractivity contribution in [1.29, 1.82) is 0 Å². The molecule has 2 aromatic rings. The second-order valence-electron chi connectivity index (χ2n) is 6.46. The Morgan fingerprint density at radius 2 is 2.19 bits per heavy atom. The van der Waals surface area contributed by atoms with Gasteiger partial charge in [-0.3, -0.25) is 9.69 Å². The Labute approximate surface area is 152 Å². The van der Waals surface area contributed by atoms with Crippen molar-refractivity contribution in [3.8, 4) is 5.75 Å². The molecule has 1 fully saturated rings. The van der Waals surface area contributed by atoms with Crippen molar-refractivity contribution >= 4 is 11.6 Å². The summed E-state index contributed by atoms with van der Waals surface area (Å²) in [6.45, 7) is 3.98. The van der Waals surface area contributed by atoms with Crippen LogP contribution in [0, 0.1) is 12.7 Å². The van der Waals surface area contributed by atoms with Crippen LogP contribution in [0.2, 0.25) is 0 Å². The normalized spacial score (nSPS) is 17.7. The largest absolute Gasteiger partial charge is 0.489 e. The van der Waals surface area contributed by atoms with Gasteiger partial charge in [-0.05, 0) is 55.4 Å². The fourth-order valence-corrected chi connectivity index (χ4v) is 2.84. The SMILES string of the molecule is Cc1cc(OCc2cccc(F)c2)ccc1NC(=O)C1COCCN1C. The van der Waals surface area contributed by atoms with Crippen molar-refractivity contribution in [2.24, 2.45) is 0 Å². The summed E-state index contributed by atoms with van der Waals surface area (Å²) in [6, 6.07) is 11.5. The van der Waals surface area contributed by atoms with Crippen LogP contribution in [0.15, 0.2) is 42.5 Å². The van der Waals surface area contributed by atoms with Crippen molar-refractivity contribution < 1.29 is 18.7 Å². The number of ether oxygens (including phenoxy) is 2. The summed E-state index contributed by atoms with van der Waals surface area (Å²) in [4.78, 5) is 14.4. The van der Waals surface area contributed by atoms with E-state index in [1.54, 1.807) is 12.1 Å². The molecule has 1 heterocycles. The number of carbonyl (C=O) groups is 1. The predicted octanol–water partition coefficient (Wildman–Crippen LogP) is 2.98. The summed E-state index contributed by atoms with van der Waals surface area (Å²) in [5.41, 5.74) is 2.40. The van der Waals surface area contributed by atoms with Gasteiger partial charge in [0.2, 0.25) is 5.91 Å². The van der Waals surface area contributed by atoms with E-state index in [4.69, 9.17) is 9.47 Å². The first-order chi connectivity index (χ1) is 12.5. The van der Waals surface area contributed by atoms with Gasteiger partial charge in [0.15, 0.2) is 0 Å². The molecule has 0 aliphatic carbocycles. The van der Waals surface area contributed by atoms with E-state index < -0.39 is 0 Å². The molecule has 0 saturated carbocycles. The van der Waals surface area contributed by atoms with Gasteiger partial charge in [-0.15, -0.1) is 0 Å². The number of rotatable bonds is 5. The lowest BCUT2D eigenvalue weighted by molar-refractivity contribution is -0.126. The number of nitrogens with zero attached hydrogens (tertiary/aromatic N) is 1. The summed E-state index contributed by atoms with van der Waals surface area (Å²) >= 11 is 0. The van der Waals surface area contributed by atoms with E-state index in [1.165, 1.54) is 12.1 Å². The molecule has 1 amide bonds. The quantitative estimate of drug-likeness (QED) is 0.893. The van der Waals surface area contributed by atoms with Crippen LogP contribution in [0.25, 0.3) is 0 Å². The van der Waals surface area contributed by atoms with Crippen molar-refractivity contribution in [1.82, 2.24) is 4.90 Å². The molecule has 26 heavy (non-hydrogen) atoms. The zero-order valence-electron chi connectivity index (χ0n) is 15.0. The van der Waals surface area contributed by atoms with Crippen LogP contribution >= 0.6 is 0 Å². The van der Waals surface area contributed by atoms with E-state index in [9.17, 15) is 9.18 Å². The molecule has 1 aliphatic rings. The van der Waals surface area contributed by atoms with Gasteiger partial charge in [0.25, 0.3) is 0 Å². The van der Waals surface area contributed by atoms with Crippen LogP contribution in [0.5, 0.6) is 5.75 Å².